The zero-order valence-electron chi connectivity index (χ0n) is 19.9. The minimum atomic E-state index is -0.460. The Morgan fingerprint density at radius 1 is 1.14 bits per heavy atom. The Labute approximate surface area is 201 Å². The quantitative estimate of drug-likeness (QED) is 0.335. The first kappa shape index (κ1) is 22.7. The van der Waals surface area contributed by atoms with Crippen molar-refractivity contribution in [2.24, 2.45) is 12.8 Å². The summed E-state index contributed by atoms with van der Waals surface area (Å²) < 4.78 is 4.41. The Morgan fingerprint density at radius 3 is 2.74 bits per heavy atom. The summed E-state index contributed by atoms with van der Waals surface area (Å²) in [6, 6.07) is 9.28. The number of aryl methyl sites for hydroxylation is 1. The Balaban J connectivity index is 1.68. The van der Waals surface area contributed by atoms with E-state index in [-0.39, 0.29) is 19.1 Å². The summed E-state index contributed by atoms with van der Waals surface area (Å²) in [4.78, 5) is 38.4. The molecule has 0 radical (unpaired) electrons. The Morgan fingerprint density at radius 2 is 1.97 bits per heavy atom. The second-order valence-corrected chi connectivity index (χ2v) is 8.90. The molecule has 35 heavy (non-hydrogen) atoms. The third-order valence-corrected chi connectivity index (χ3v) is 6.50. The van der Waals surface area contributed by atoms with Gasteiger partial charge in [-0.3, -0.25) is 18.5 Å². The lowest BCUT2D eigenvalue weighted by Crippen LogP contribution is -2.44. The van der Waals surface area contributed by atoms with E-state index in [4.69, 9.17) is 16.5 Å². The maximum absolute atomic E-state index is 13.7. The maximum atomic E-state index is 13.7. The molecule has 1 aliphatic heterocycles. The van der Waals surface area contributed by atoms with Gasteiger partial charge in [-0.05, 0) is 31.9 Å². The van der Waals surface area contributed by atoms with Gasteiger partial charge in [-0.1, -0.05) is 24.1 Å². The maximum Gasteiger partial charge on any atom is 0.332 e. The Kier molecular flexibility index (Phi) is 5.78. The number of nitrogens with two attached hydrogens (primary N) is 2. The molecule has 5 rings (SSSR count). The number of imidazole rings is 1. The van der Waals surface area contributed by atoms with Crippen LogP contribution in [-0.4, -0.2) is 42.8 Å². The van der Waals surface area contributed by atoms with Crippen molar-refractivity contribution < 1.29 is 0 Å². The number of nitrogens with zero attached hydrogens (tertiary/aromatic N) is 6. The molecule has 10 nitrogen and oxygen atoms in total. The molecular weight excluding hydrogens is 444 g/mol. The highest BCUT2D eigenvalue weighted by molar-refractivity contribution is 5.89. The van der Waals surface area contributed by atoms with E-state index in [0.717, 1.165) is 24.8 Å². The van der Waals surface area contributed by atoms with Crippen LogP contribution in [0.15, 0.2) is 39.9 Å². The molecule has 1 atom stereocenters. The van der Waals surface area contributed by atoms with Crippen LogP contribution in [0.1, 0.15) is 25.5 Å². The van der Waals surface area contributed by atoms with Crippen molar-refractivity contribution in [3.63, 3.8) is 0 Å². The first-order chi connectivity index (χ1) is 16.9. The van der Waals surface area contributed by atoms with Gasteiger partial charge in [0.25, 0.3) is 5.56 Å². The molecule has 0 unspecified atom stereocenters. The molecule has 1 saturated heterocycles. The van der Waals surface area contributed by atoms with Gasteiger partial charge in [0.1, 0.15) is 0 Å². The average molecular weight is 473 g/mol. The van der Waals surface area contributed by atoms with Gasteiger partial charge >= 0.3 is 5.69 Å². The Bertz CT molecular complexity index is 1620. The van der Waals surface area contributed by atoms with Crippen molar-refractivity contribution in [1.82, 2.24) is 23.7 Å². The number of anilines is 2. The van der Waals surface area contributed by atoms with E-state index < -0.39 is 11.2 Å². The molecule has 4 heterocycles. The van der Waals surface area contributed by atoms with E-state index >= 15 is 0 Å². The number of nitrogen functional groups attached to an aromatic ring is 1. The van der Waals surface area contributed by atoms with Crippen LogP contribution in [0.2, 0.25) is 0 Å². The summed E-state index contributed by atoms with van der Waals surface area (Å²) in [7, 11) is 1.63. The molecule has 4 N–H and O–H groups in total. The molecule has 3 aromatic heterocycles. The van der Waals surface area contributed by atoms with E-state index in [2.05, 4.69) is 21.7 Å². The van der Waals surface area contributed by atoms with Crippen LogP contribution in [0.3, 0.4) is 0 Å². The van der Waals surface area contributed by atoms with Crippen LogP contribution in [0.5, 0.6) is 0 Å². The lowest BCUT2D eigenvalue weighted by atomic mass is 10.1. The minimum Gasteiger partial charge on any atom is -0.397 e. The van der Waals surface area contributed by atoms with Gasteiger partial charge in [0, 0.05) is 31.6 Å². The van der Waals surface area contributed by atoms with E-state index in [0.29, 0.717) is 40.6 Å². The lowest BCUT2D eigenvalue weighted by molar-refractivity contribution is 0.496. The average Bonchev–Trinajstić information content (AvgIpc) is 3.24. The van der Waals surface area contributed by atoms with E-state index in [1.807, 2.05) is 18.2 Å². The molecule has 1 aromatic carbocycles. The van der Waals surface area contributed by atoms with Gasteiger partial charge in [0.2, 0.25) is 5.95 Å². The standard InChI is InChI=1S/C25H28N8O2/c1-3-4-13-32-21-22(29-24(32)31-12-6-8-17(26)14-31)30(2)25(35)33(23(21)34)15-18-11-10-16-7-5-9-19(27)20(16)28-18/h5,7,9-11,17H,6,8,12-15,26-27H2,1-2H3/t17-/m1/s1. The van der Waals surface area contributed by atoms with Crippen LogP contribution >= 0.6 is 0 Å². The highest BCUT2D eigenvalue weighted by Gasteiger charge is 2.26. The van der Waals surface area contributed by atoms with Gasteiger partial charge in [-0.25, -0.2) is 9.78 Å². The highest BCUT2D eigenvalue weighted by atomic mass is 16.2. The number of para-hydroxylation sites is 1. The molecule has 180 valence electrons. The highest BCUT2D eigenvalue weighted by Crippen LogP contribution is 2.23. The third-order valence-electron chi connectivity index (χ3n) is 6.50. The van der Waals surface area contributed by atoms with Crippen molar-refractivity contribution in [1.29, 1.82) is 0 Å². The fourth-order valence-electron chi connectivity index (χ4n) is 4.70. The lowest BCUT2D eigenvalue weighted by Gasteiger charge is -2.31. The summed E-state index contributed by atoms with van der Waals surface area (Å²) >= 11 is 0. The number of benzene rings is 1. The molecule has 1 fully saturated rings. The van der Waals surface area contributed by atoms with Crippen LogP contribution in [0.4, 0.5) is 11.6 Å². The first-order valence-corrected chi connectivity index (χ1v) is 11.6. The first-order valence-electron chi connectivity index (χ1n) is 11.6. The summed E-state index contributed by atoms with van der Waals surface area (Å²) in [6.07, 6.45) is 1.88. The minimum absolute atomic E-state index is 0.0142. The zero-order valence-corrected chi connectivity index (χ0v) is 19.9. The largest absolute Gasteiger partial charge is 0.397 e. The van der Waals surface area contributed by atoms with E-state index in [9.17, 15) is 9.59 Å². The zero-order chi connectivity index (χ0) is 24.7. The predicted molar refractivity (Wildman–Crippen MR) is 137 cm³/mol. The van der Waals surface area contributed by atoms with E-state index in [1.54, 1.807) is 30.7 Å². The van der Waals surface area contributed by atoms with Crippen molar-refractivity contribution in [2.75, 3.05) is 23.7 Å². The third kappa shape index (κ3) is 3.94. The molecule has 10 heteroatoms. The monoisotopic (exact) mass is 472 g/mol. The number of aromatic nitrogens is 5. The van der Waals surface area contributed by atoms with Gasteiger partial charge in [-0.15, -0.1) is 5.92 Å². The van der Waals surface area contributed by atoms with Gasteiger partial charge in [-0.2, -0.15) is 4.98 Å². The Hall–Kier alpha value is -4.10. The summed E-state index contributed by atoms with van der Waals surface area (Å²) in [5, 5.41) is 0.894. The second kappa shape index (κ2) is 8.92. The van der Waals surface area contributed by atoms with Gasteiger partial charge in [0.15, 0.2) is 11.2 Å². The van der Waals surface area contributed by atoms with Crippen LogP contribution in [0, 0.1) is 11.8 Å². The number of pyridine rings is 1. The van der Waals surface area contributed by atoms with Gasteiger partial charge in [0.05, 0.1) is 30.0 Å². The SMILES string of the molecule is CC#CCn1c(N2CCC[C@@H](N)C2)nc2c1c(=O)n(Cc1ccc3cccc(N)c3n1)c(=O)n2C. The van der Waals surface area contributed by atoms with Crippen LogP contribution < -0.4 is 27.6 Å². The summed E-state index contributed by atoms with van der Waals surface area (Å²) in [5.74, 6) is 6.54. The molecule has 0 saturated carbocycles. The van der Waals surface area contributed by atoms with Crippen molar-refractivity contribution >= 4 is 33.7 Å². The predicted octanol–water partition coefficient (Wildman–Crippen LogP) is 1.03. The normalized spacial score (nSPS) is 16.0. The number of hydrogen-bond acceptors (Lipinski definition) is 7. The molecule has 0 spiro atoms. The number of rotatable bonds is 4. The molecule has 1 aliphatic rings. The van der Waals surface area contributed by atoms with Crippen molar-refractivity contribution in [3.8, 4) is 11.8 Å². The van der Waals surface area contributed by atoms with E-state index in [1.165, 1.54) is 9.13 Å². The van der Waals surface area contributed by atoms with Gasteiger partial charge < -0.3 is 16.4 Å². The number of piperidine rings is 1. The molecule has 0 bridgehead atoms. The molecular formula is C25H28N8O2. The summed E-state index contributed by atoms with van der Waals surface area (Å²) in [6.45, 7) is 3.46. The fraction of sp³-hybridized carbons (Fsp3) is 0.360. The number of hydrogen-bond donors (Lipinski definition) is 2. The smallest absolute Gasteiger partial charge is 0.332 e. The van der Waals surface area contributed by atoms with Crippen molar-refractivity contribution in [2.45, 2.75) is 38.9 Å². The molecule has 4 aromatic rings. The molecule has 0 amide bonds. The second-order valence-electron chi connectivity index (χ2n) is 8.90. The van der Waals surface area contributed by atoms with Crippen LogP contribution in [0.25, 0.3) is 22.1 Å². The molecule has 0 aliphatic carbocycles. The topological polar surface area (TPSA) is 130 Å². The number of fused-ring (bicyclic) bond motifs is 2. The van der Waals surface area contributed by atoms with Crippen LogP contribution in [-0.2, 0) is 20.1 Å². The summed E-state index contributed by atoms with van der Waals surface area (Å²) in [5.41, 5.74) is 13.8. The fourth-order valence-corrected chi connectivity index (χ4v) is 4.70. The van der Waals surface area contributed by atoms with Crippen molar-refractivity contribution in [3.05, 3.63) is 56.9 Å².